The minimum absolute atomic E-state index is 0.359. The fourth-order valence-electron chi connectivity index (χ4n) is 4.70. The third kappa shape index (κ3) is 4.20. The van der Waals surface area contributed by atoms with Crippen LogP contribution in [-0.4, -0.2) is 23.5 Å². The Morgan fingerprint density at radius 2 is 1.88 bits per heavy atom. The number of hydrogen-bond acceptors (Lipinski definition) is 3. The van der Waals surface area contributed by atoms with Crippen molar-refractivity contribution in [1.82, 2.24) is 4.98 Å². The van der Waals surface area contributed by atoms with Crippen molar-refractivity contribution in [2.75, 3.05) is 16.8 Å². The van der Waals surface area contributed by atoms with Gasteiger partial charge in [-0.2, -0.15) is 13.2 Å². The first-order valence-electron chi connectivity index (χ1n) is 10.7. The molecule has 2 heterocycles. The number of hydrogen-bond donors (Lipinski definition) is 1. The van der Waals surface area contributed by atoms with Gasteiger partial charge >= 0.3 is 6.18 Å². The fraction of sp³-hybridized carbons (Fsp3) is 0.280. The van der Waals surface area contributed by atoms with Gasteiger partial charge in [-0.1, -0.05) is 12.1 Å². The summed E-state index contributed by atoms with van der Waals surface area (Å²) in [5.74, 6) is 1.45. The molecule has 32 heavy (non-hydrogen) atoms. The van der Waals surface area contributed by atoms with E-state index < -0.39 is 11.7 Å². The van der Waals surface area contributed by atoms with E-state index in [1.807, 2.05) is 24.3 Å². The third-order valence-electron chi connectivity index (χ3n) is 6.31. The second-order valence-corrected chi connectivity index (χ2v) is 8.50. The van der Waals surface area contributed by atoms with Crippen molar-refractivity contribution >= 4 is 34.4 Å². The highest BCUT2D eigenvalue weighted by Gasteiger charge is 2.38. The molecule has 1 aliphatic carbocycles. The van der Waals surface area contributed by atoms with Gasteiger partial charge in [0.15, 0.2) is 0 Å². The number of aromatic nitrogens is 1. The number of nitrogens with zero attached hydrogens (tertiary/aromatic N) is 2. The number of halogens is 3. The fourth-order valence-corrected chi connectivity index (χ4v) is 4.70. The molecule has 3 aromatic rings. The van der Waals surface area contributed by atoms with E-state index in [0.717, 1.165) is 41.3 Å². The normalized spacial score (nSPS) is 20.4. The Morgan fingerprint density at radius 1 is 1.06 bits per heavy atom. The van der Waals surface area contributed by atoms with Crippen LogP contribution in [0.15, 0.2) is 60.7 Å². The van der Waals surface area contributed by atoms with Crippen molar-refractivity contribution in [1.29, 1.82) is 0 Å². The number of nitrogens with one attached hydrogen (secondary N) is 1. The average Bonchev–Trinajstić information content (AvgIpc) is 3.41. The smallest absolute Gasteiger partial charge is 0.353 e. The van der Waals surface area contributed by atoms with Crippen LogP contribution >= 0.6 is 0 Å². The van der Waals surface area contributed by atoms with Crippen molar-refractivity contribution in [2.24, 2.45) is 5.92 Å². The summed E-state index contributed by atoms with van der Waals surface area (Å²) in [6, 6.07) is 14.9. The van der Waals surface area contributed by atoms with Crippen LogP contribution in [0, 0.1) is 5.92 Å². The molecule has 1 saturated heterocycles. The molecule has 2 fully saturated rings. The van der Waals surface area contributed by atoms with E-state index in [1.165, 1.54) is 43.5 Å². The summed E-state index contributed by atoms with van der Waals surface area (Å²) in [5.41, 5.74) is 1.31. The van der Waals surface area contributed by atoms with Crippen molar-refractivity contribution in [3.05, 3.63) is 71.8 Å². The van der Waals surface area contributed by atoms with Crippen molar-refractivity contribution in [3.8, 4) is 0 Å². The minimum atomic E-state index is -4.38. The predicted molar refractivity (Wildman–Crippen MR) is 119 cm³/mol. The maximum absolute atomic E-state index is 12.6. The number of alkyl halides is 3. The summed E-state index contributed by atoms with van der Waals surface area (Å²) in [6.45, 7) is 1.09. The Morgan fingerprint density at radius 3 is 2.56 bits per heavy atom. The number of fused-ring (bicyclic) bond motifs is 3. The first-order chi connectivity index (χ1) is 15.3. The van der Waals surface area contributed by atoms with Crippen LogP contribution in [0.4, 0.5) is 24.7 Å². The molecule has 5 rings (SSSR count). The molecule has 1 N–H and O–H groups in total. The van der Waals surface area contributed by atoms with Gasteiger partial charge in [0.2, 0.25) is 5.91 Å². The van der Waals surface area contributed by atoms with Crippen LogP contribution in [0.25, 0.3) is 17.0 Å². The summed E-state index contributed by atoms with van der Waals surface area (Å²) < 4.78 is 37.9. The molecule has 1 amide bonds. The molecule has 2 atom stereocenters. The molecule has 164 valence electrons. The Balaban J connectivity index is 1.25. The lowest BCUT2D eigenvalue weighted by Crippen LogP contribution is -2.32. The van der Waals surface area contributed by atoms with Crippen molar-refractivity contribution in [2.45, 2.75) is 31.5 Å². The highest BCUT2D eigenvalue weighted by Crippen LogP contribution is 2.40. The number of benzene rings is 2. The number of carbonyl (C=O) groups is 1. The van der Waals surface area contributed by atoms with Crippen LogP contribution in [0.1, 0.15) is 30.4 Å². The Kier molecular flexibility index (Phi) is 5.12. The number of piperidine rings is 1. The van der Waals surface area contributed by atoms with Gasteiger partial charge in [-0.15, -0.1) is 0 Å². The van der Waals surface area contributed by atoms with E-state index in [9.17, 15) is 18.0 Å². The van der Waals surface area contributed by atoms with E-state index in [2.05, 4.69) is 10.2 Å². The molecule has 0 spiro atoms. The summed E-state index contributed by atoms with van der Waals surface area (Å²) in [5, 5.41) is 3.72. The van der Waals surface area contributed by atoms with Crippen LogP contribution < -0.4 is 10.2 Å². The summed E-state index contributed by atoms with van der Waals surface area (Å²) in [6.07, 6.45) is 2.25. The molecule has 2 bridgehead atoms. The maximum Gasteiger partial charge on any atom is 0.416 e. The summed E-state index contributed by atoms with van der Waals surface area (Å²) in [4.78, 5) is 19.5. The standard InChI is InChI=1S/C25H22F3N3O/c26-25(27,28)19-6-1-16(2-7-19)4-12-24(32)29-20-8-10-22-18(14-20)5-11-23(30-22)31-15-17-3-9-21(31)13-17/h1-2,4-8,10-12,14,17,21H,3,9,13,15H2,(H,29,32)/b12-4+/t17-,21-/m0/s1. The first-order valence-corrected chi connectivity index (χ1v) is 10.7. The quantitative estimate of drug-likeness (QED) is 0.518. The highest BCUT2D eigenvalue weighted by atomic mass is 19.4. The third-order valence-corrected chi connectivity index (χ3v) is 6.31. The molecule has 0 radical (unpaired) electrons. The molecular weight excluding hydrogens is 415 g/mol. The van der Waals surface area contributed by atoms with E-state index in [4.69, 9.17) is 4.98 Å². The Bertz CT molecular complexity index is 1190. The Labute approximate surface area is 183 Å². The van der Waals surface area contributed by atoms with E-state index in [1.54, 1.807) is 6.07 Å². The summed E-state index contributed by atoms with van der Waals surface area (Å²) >= 11 is 0. The molecule has 2 aromatic carbocycles. The highest BCUT2D eigenvalue weighted by molar-refractivity contribution is 6.03. The van der Waals surface area contributed by atoms with Gasteiger partial charge in [-0.25, -0.2) is 4.98 Å². The van der Waals surface area contributed by atoms with Crippen LogP contribution in [0.3, 0.4) is 0 Å². The lowest BCUT2D eigenvalue weighted by Gasteiger charge is -2.28. The molecule has 1 saturated carbocycles. The number of carbonyl (C=O) groups excluding carboxylic acids is 1. The number of amides is 1. The number of anilines is 2. The van der Waals surface area contributed by atoms with Gasteiger partial charge in [0.25, 0.3) is 0 Å². The monoisotopic (exact) mass is 437 g/mol. The molecule has 1 aromatic heterocycles. The van der Waals surface area contributed by atoms with E-state index in [0.29, 0.717) is 17.3 Å². The molecule has 1 aliphatic heterocycles. The second kappa shape index (κ2) is 7.97. The predicted octanol–water partition coefficient (Wildman–Crippen LogP) is 5.89. The second-order valence-electron chi connectivity index (χ2n) is 8.50. The van der Waals surface area contributed by atoms with Gasteiger partial charge in [-0.05, 0) is 79.3 Å². The maximum atomic E-state index is 12.6. The van der Waals surface area contributed by atoms with Crippen molar-refractivity contribution < 1.29 is 18.0 Å². The van der Waals surface area contributed by atoms with Gasteiger partial charge < -0.3 is 10.2 Å². The molecular formula is C25H22F3N3O. The largest absolute Gasteiger partial charge is 0.416 e. The van der Waals surface area contributed by atoms with Crippen molar-refractivity contribution in [3.63, 3.8) is 0 Å². The lowest BCUT2D eigenvalue weighted by atomic mass is 10.1. The minimum Gasteiger partial charge on any atom is -0.353 e. The van der Waals surface area contributed by atoms with E-state index in [-0.39, 0.29) is 5.91 Å². The van der Waals surface area contributed by atoms with E-state index >= 15 is 0 Å². The zero-order valence-electron chi connectivity index (χ0n) is 17.3. The number of pyridine rings is 1. The molecule has 2 aliphatic rings. The van der Waals surface area contributed by atoms with Gasteiger partial charge in [0, 0.05) is 29.7 Å². The zero-order valence-corrected chi connectivity index (χ0v) is 17.3. The van der Waals surface area contributed by atoms with Crippen LogP contribution in [0.2, 0.25) is 0 Å². The average molecular weight is 437 g/mol. The summed E-state index contributed by atoms with van der Waals surface area (Å²) in [7, 11) is 0. The first kappa shape index (κ1) is 20.5. The van der Waals surface area contributed by atoms with Gasteiger partial charge in [0.1, 0.15) is 5.82 Å². The lowest BCUT2D eigenvalue weighted by molar-refractivity contribution is -0.137. The molecule has 4 nitrogen and oxygen atoms in total. The van der Waals surface area contributed by atoms with Crippen LogP contribution in [-0.2, 0) is 11.0 Å². The van der Waals surface area contributed by atoms with Crippen LogP contribution in [0.5, 0.6) is 0 Å². The SMILES string of the molecule is O=C(/C=C/c1ccc(C(F)(F)F)cc1)Nc1ccc2nc(N3C[C@H]4CC[C@H]3C4)ccc2c1. The number of rotatable bonds is 4. The Hall–Kier alpha value is -3.35. The zero-order chi connectivity index (χ0) is 22.3. The molecule has 0 unspecified atom stereocenters. The van der Waals surface area contributed by atoms with Gasteiger partial charge in [-0.3, -0.25) is 4.79 Å². The molecule has 7 heteroatoms. The van der Waals surface area contributed by atoms with Gasteiger partial charge in [0.05, 0.1) is 11.1 Å². The topological polar surface area (TPSA) is 45.2 Å².